The van der Waals surface area contributed by atoms with Gasteiger partial charge in [-0.3, -0.25) is 4.98 Å². The summed E-state index contributed by atoms with van der Waals surface area (Å²) in [5.74, 6) is 2.65. The van der Waals surface area contributed by atoms with E-state index in [-0.39, 0.29) is 0 Å². The van der Waals surface area contributed by atoms with Gasteiger partial charge in [-0.2, -0.15) is 11.8 Å². The fourth-order valence-electron chi connectivity index (χ4n) is 1.58. The second kappa shape index (κ2) is 5.82. The number of hydrogen-bond acceptors (Lipinski definition) is 5. The van der Waals surface area contributed by atoms with Crippen LogP contribution in [0.5, 0.6) is 0 Å². The van der Waals surface area contributed by atoms with Gasteiger partial charge in [0.2, 0.25) is 0 Å². The summed E-state index contributed by atoms with van der Waals surface area (Å²) in [6.45, 7) is 3.16. The van der Waals surface area contributed by atoms with Crippen molar-refractivity contribution in [2.24, 2.45) is 5.92 Å². The first-order valence-corrected chi connectivity index (χ1v) is 6.99. The third kappa shape index (κ3) is 3.30. The summed E-state index contributed by atoms with van der Waals surface area (Å²) < 4.78 is 0. The number of pyridine rings is 1. The Balaban J connectivity index is 2.04. The zero-order valence-electron chi connectivity index (χ0n) is 10.1. The maximum atomic E-state index is 4.42. The molecule has 1 N–H and O–H groups in total. The van der Waals surface area contributed by atoms with Crippen LogP contribution in [0.3, 0.4) is 0 Å². The minimum Gasteiger partial charge on any atom is -0.370 e. The van der Waals surface area contributed by atoms with E-state index in [1.807, 2.05) is 23.9 Å². The van der Waals surface area contributed by atoms with Crippen molar-refractivity contribution in [3.8, 4) is 0 Å². The second-order valence-corrected chi connectivity index (χ2v) is 4.95. The zero-order valence-corrected chi connectivity index (χ0v) is 10.9. The molecule has 2 rings (SSSR count). The Morgan fingerprint density at radius 1 is 1.29 bits per heavy atom. The van der Waals surface area contributed by atoms with Gasteiger partial charge in [-0.1, -0.05) is 6.92 Å². The molecule has 2 aromatic heterocycles. The van der Waals surface area contributed by atoms with Crippen LogP contribution < -0.4 is 5.32 Å². The molecule has 0 saturated carbocycles. The summed E-state index contributed by atoms with van der Waals surface area (Å²) in [6, 6.07) is 3.89. The molecule has 0 amide bonds. The molecule has 1 atom stereocenters. The van der Waals surface area contributed by atoms with Crippen LogP contribution >= 0.6 is 11.8 Å². The zero-order chi connectivity index (χ0) is 12.1. The van der Waals surface area contributed by atoms with E-state index in [1.54, 1.807) is 12.4 Å². The van der Waals surface area contributed by atoms with Crippen LogP contribution in [0, 0.1) is 5.92 Å². The van der Waals surface area contributed by atoms with Gasteiger partial charge in [0, 0.05) is 18.9 Å². The van der Waals surface area contributed by atoms with Crippen LogP contribution in [0.25, 0.3) is 11.2 Å². The average Bonchev–Trinajstić information content (AvgIpc) is 2.36. The number of rotatable bonds is 5. The van der Waals surface area contributed by atoms with E-state index in [0.29, 0.717) is 11.6 Å². The summed E-state index contributed by atoms with van der Waals surface area (Å²) in [5, 5.41) is 3.33. The monoisotopic (exact) mass is 248 g/mol. The summed E-state index contributed by atoms with van der Waals surface area (Å²) in [4.78, 5) is 12.8. The SMILES string of the molecule is CSCC(C)CNc1ccc2nccnc2n1. The molecule has 0 aromatic carbocycles. The Morgan fingerprint density at radius 3 is 2.94 bits per heavy atom. The lowest BCUT2D eigenvalue weighted by molar-refractivity contribution is 0.700. The van der Waals surface area contributed by atoms with Crippen LogP contribution in [-0.4, -0.2) is 33.5 Å². The molecule has 0 bridgehead atoms. The Labute approximate surface area is 105 Å². The maximum absolute atomic E-state index is 4.42. The molecule has 0 saturated heterocycles. The van der Waals surface area contributed by atoms with Gasteiger partial charge in [-0.25, -0.2) is 9.97 Å². The fraction of sp³-hybridized carbons (Fsp3) is 0.417. The lowest BCUT2D eigenvalue weighted by atomic mass is 10.2. The van der Waals surface area contributed by atoms with Gasteiger partial charge >= 0.3 is 0 Å². The molecule has 2 aromatic rings. The molecule has 1 unspecified atom stereocenters. The van der Waals surface area contributed by atoms with E-state index in [0.717, 1.165) is 23.6 Å². The van der Waals surface area contributed by atoms with Crippen LogP contribution in [0.4, 0.5) is 5.82 Å². The molecule has 0 fully saturated rings. The number of nitrogens with one attached hydrogen (secondary N) is 1. The molecule has 0 radical (unpaired) electrons. The van der Waals surface area contributed by atoms with E-state index < -0.39 is 0 Å². The summed E-state index contributed by atoms with van der Waals surface area (Å²) in [5.41, 5.74) is 1.52. The Bertz CT molecular complexity index is 489. The quantitative estimate of drug-likeness (QED) is 0.880. The molecule has 5 heteroatoms. The molecule has 0 spiro atoms. The highest BCUT2D eigenvalue weighted by atomic mass is 32.2. The van der Waals surface area contributed by atoms with E-state index in [1.165, 1.54) is 0 Å². The summed E-state index contributed by atoms with van der Waals surface area (Å²) in [7, 11) is 0. The summed E-state index contributed by atoms with van der Waals surface area (Å²) in [6.07, 6.45) is 5.47. The second-order valence-electron chi connectivity index (χ2n) is 4.04. The predicted octanol–water partition coefficient (Wildman–Crippen LogP) is 2.44. The molecule has 17 heavy (non-hydrogen) atoms. The number of fused-ring (bicyclic) bond motifs is 1. The largest absolute Gasteiger partial charge is 0.370 e. The molecular weight excluding hydrogens is 232 g/mol. The number of aromatic nitrogens is 3. The van der Waals surface area contributed by atoms with E-state index >= 15 is 0 Å². The number of thioether (sulfide) groups is 1. The van der Waals surface area contributed by atoms with Crippen molar-refractivity contribution >= 4 is 28.7 Å². The molecule has 0 aliphatic heterocycles. The molecule has 0 aliphatic carbocycles. The Hall–Kier alpha value is -1.36. The Morgan fingerprint density at radius 2 is 2.12 bits per heavy atom. The van der Waals surface area contributed by atoms with Crippen LogP contribution in [0.2, 0.25) is 0 Å². The minimum absolute atomic E-state index is 0.629. The van der Waals surface area contributed by atoms with Crippen molar-refractivity contribution in [3.63, 3.8) is 0 Å². The van der Waals surface area contributed by atoms with Crippen molar-refractivity contribution < 1.29 is 0 Å². The molecular formula is C12H16N4S. The van der Waals surface area contributed by atoms with Gasteiger partial charge in [-0.05, 0) is 30.1 Å². The number of nitrogens with zero attached hydrogens (tertiary/aromatic N) is 3. The first kappa shape index (κ1) is 12.1. The van der Waals surface area contributed by atoms with Gasteiger partial charge in [0.1, 0.15) is 11.3 Å². The smallest absolute Gasteiger partial charge is 0.180 e. The normalized spacial score (nSPS) is 12.6. The summed E-state index contributed by atoms with van der Waals surface area (Å²) >= 11 is 1.86. The number of anilines is 1. The minimum atomic E-state index is 0.629. The van der Waals surface area contributed by atoms with Crippen LogP contribution in [-0.2, 0) is 0 Å². The van der Waals surface area contributed by atoms with Gasteiger partial charge in [-0.15, -0.1) is 0 Å². The van der Waals surface area contributed by atoms with Gasteiger partial charge in [0.25, 0.3) is 0 Å². The van der Waals surface area contributed by atoms with E-state index in [4.69, 9.17) is 0 Å². The fourth-order valence-corrected chi connectivity index (χ4v) is 2.26. The molecule has 0 aliphatic rings. The van der Waals surface area contributed by atoms with Crippen molar-refractivity contribution in [1.29, 1.82) is 0 Å². The van der Waals surface area contributed by atoms with Crippen molar-refractivity contribution in [2.45, 2.75) is 6.92 Å². The average molecular weight is 248 g/mol. The topological polar surface area (TPSA) is 50.7 Å². The van der Waals surface area contributed by atoms with E-state index in [2.05, 4.69) is 33.4 Å². The van der Waals surface area contributed by atoms with Crippen LogP contribution in [0.15, 0.2) is 24.5 Å². The van der Waals surface area contributed by atoms with Gasteiger partial charge in [0.15, 0.2) is 5.65 Å². The first-order chi connectivity index (χ1) is 8.29. The van der Waals surface area contributed by atoms with Crippen molar-refractivity contribution in [2.75, 3.05) is 23.9 Å². The number of hydrogen-bond donors (Lipinski definition) is 1. The Kier molecular flexibility index (Phi) is 4.14. The highest BCUT2D eigenvalue weighted by Gasteiger charge is 2.03. The molecule has 4 nitrogen and oxygen atoms in total. The standard InChI is InChI=1S/C12H16N4S/c1-9(8-17-2)7-15-11-4-3-10-12(16-11)14-6-5-13-10/h3-6,9H,7-8H2,1-2H3,(H,14,15,16). The highest BCUT2D eigenvalue weighted by Crippen LogP contribution is 2.11. The van der Waals surface area contributed by atoms with Crippen molar-refractivity contribution in [3.05, 3.63) is 24.5 Å². The first-order valence-electron chi connectivity index (χ1n) is 5.60. The third-order valence-corrected chi connectivity index (χ3v) is 3.32. The highest BCUT2D eigenvalue weighted by molar-refractivity contribution is 7.98. The molecule has 90 valence electrons. The molecule has 2 heterocycles. The predicted molar refractivity (Wildman–Crippen MR) is 73.4 cm³/mol. The van der Waals surface area contributed by atoms with Gasteiger partial charge in [0.05, 0.1) is 0 Å². The van der Waals surface area contributed by atoms with Crippen molar-refractivity contribution in [1.82, 2.24) is 15.0 Å². The van der Waals surface area contributed by atoms with Crippen LogP contribution in [0.1, 0.15) is 6.92 Å². The maximum Gasteiger partial charge on any atom is 0.180 e. The van der Waals surface area contributed by atoms with E-state index in [9.17, 15) is 0 Å². The third-order valence-electron chi connectivity index (χ3n) is 2.41. The lowest BCUT2D eigenvalue weighted by Gasteiger charge is -2.11. The van der Waals surface area contributed by atoms with Gasteiger partial charge < -0.3 is 5.32 Å². The lowest BCUT2D eigenvalue weighted by Crippen LogP contribution is -2.14.